The van der Waals surface area contributed by atoms with E-state index in [1.807, 2.05) is 6.92 Å². The Morgan fingerprint density at radius 2 is 1.87 bits per heavy atom. The average molecular weight is 427 g/mol. The SMILES string of the molecule is CCC1=C2B(O)O[C@H](c3cc(C)c(O)c(C)c3)C[C@H]2[C@H]2C(=O)N(C(=O)OC)C(=O)[C@H]2C1. The molecule has 31 heavy (non-hydrogen) atoms. The topological polar surface area (TPSA) is 113 Å². The molecular formula is C22H26BNO7. The van der Waals surface area contributed by atoms with Crippen molar-refractivity contribution in [2.45, 2.75) is 46.1 Å². The number of ether oxygens (including phenoxy) is 1. The number of hydrogen-bond acceptors (Lipinski definition) is 7. The molecule has 1 aliphatic carbocycles. The maximum atomic E-state index is 13.1. The molecule has 4 rings (SSSR count). The smallest absolute Gasteiger partial charge is 0.487 e. The Balaban J connectivity index is 1.75. The van der Waals surface area contributed by atoms with E-state index in [4.69, 9.17) is 4.65 Å². The van der Waals surface area contributed by atoms with Crippen molar-refractivity contribution in [3.05, 3.63) is 39.9 Å². The van der Waals surface area contributed by atoms with Gasteiger partial charge in [0.25, 0.3) is 0 Å². The van der Waals surface area contributed by atoms with Gasteiger partial charge in [-0.05, 0) is 73.3 Å². The van der Waals surface area contributed by atoms with E-state index in [2.05, 4.69) is 4.74 Å². The number of amides is 3. The molecule has 2 N–H and O–H groups in total. The van der Waals surface area contributed by atoms with Gasteiger partial charge in [0.1, 0.15) is 5.75 Å². The Labute approximate surface area is 181 Å². The van der Waals surface area contributed by atoms with E-state index in [9.17, 15) is 24.5 Å². The molecular weight excluding hydrogens is 401 g/mol. The molecule has 2 heterocycles. The fourth-order valence-corrected chi connectivity index (χ4v) is 5.41. The number of allylic oxidation sites excluding steroid dienone is 2. The molecule has 2 saturated heterocycles. The van der Waals surface area contributed by atoms with Crippen LogP contribution in [0.3, 0.4) is 0 Å². The number of carbonyl (C=O) groups excluding carboxylic acids is 3. The van der Waals surface area contributed by atoms with Crippen LogP contribution in [0.4, 0.5) is 4.79 Å². The van der Waals surface area contributed by atoms with Crippen LogP contribution in [0, 0.1) is 31.6 Å². The average Bonchev–Trinajstić information content (AvgIpc) is 3.00. The third kappa shape index (κ3) is 3.27. The Morgan fingerprint density at radius 3 is 2.45 bits per heavy atom. The van der Waals surface area contributed by atoms with Crippen molar-refractivity contribution in [1.29, 1.82) is 0 Å². The fourth-order valence-electron chi connectivity index (χ4n) is 5.41. The Bertz CT molecular complexity index is 981. The van der Waals surface area contributed by atoms with Crippen LogP contribution in [-0.4, -0.2) is 47.2 Å². The zero-order valence-electron chi connectivity index (χ0n) is 18.0. The Hall–Kier alpha value is -2.65. The van der Waals surface area contributed by atoms with Gasteiger partial charge < -0.3 is 19.5 Å². The fraction of sp³-hybridized carbons (Fsp3) is 0.500. The monoisotopic (exact) mass is 427 g/mol. The summed E-state index contributed by atoms with van der Waals surface area (Å²) in [6.45, 7) is 5.51. The number of aromatic hydroxyl groups is 1. The summed E-state index contributed by atoms with van der Waals surface area (Å²) < 4.78 is 10.6. The predicted molar refractivity (Wildman–Crippen MR) is 111 cm³/mol. The van der Waals surface area contributed by atoms with Crippen molar-refractivity contribution in [3.63, 3.8) is 0 Å². The minimum atomic E-state index is -1.20. The van der Waals surface area contributed by atoms with E-state index in [-0.39, 0.29) is 5.75 Å². The lowest BCUT2D eigenvalue weighted by Gasteiger charge is -2.42. The first-order valence-corrected chi connectivity index (χ1v) is 10.5. The third-order valence-electron chi connectivity index (χ3n) is 6.88. The van der Waals surface area contributed by atoms with Gasteiger partial charge in [0, 0.05) is 0 Å². The number of benzene rings is 1. The highest BCUT2D eigenvalue weighted by atomic mass is 16.5. The second kappa shape index (κ2) is 7.80. The molecule has 0 spiro atoms. The molecule has 164 valence electrons. The number of hydrogen-bond donors (Lipinski definition) is 2. The second-order valence-corrected chi connectivity index (χ2v) is 8.55. The number of imide groups is 3. The highest BCUT2D eigenvalue weighted by Crippen LogP contribution is 2.52. The summed E-state index contributed by atoms with van der Waals surface area (Å²) in [5, 5.41) is 21.0. The number of methoxy groups -OCH3 is 1. The van der Waals surface area contributed by atoms with Crippen LogP contribution in [0.15, 0.2) is 23.2 Å². The van der Waals surface area contributed by atoms with Gasteiger partial charge in [0.2, 0.25) is 11.8 Å². The quantitative estimate of drug-likeness (QED) is 0.551. The van der Waals surface area contributed by atoms with Gasteiger partial charge in [-0.25, -0.2) is 4.79 Å². The van der Waals surface area contributed by atoms with Crippen LogP contribution in [0.1, 0.15) is 49.0 Å². The van der Waals surface area contributed by atoms with Gasteiger partial charge in [-0.1, -0.05) is 12.5 Å². The third-order valence-corrected chi connectivity index (χ3v) is 6.88. The first-order chi connectivity index (χ1) is 14.7. The molecule has 0 unspecified atom stereocenters. The van der Waals surface area contributed by atoms with Crippen LogP contribution < -0.4 is 0 Å². The molecule has 3 aliphatic rings. The number of carbonyl (C=O) groups is 3. The number of nitrogens with zero attached hydrogens (tertiary/aromatic N) is 1. The Morgan fingerprint density at radius 1 is 1.23 bits per heavy atom. The van der Waals surface area contributed by atoms with Crippen LogP contribution in [-0.2, 0) is 19.0 Å². The van der Waals surface area contributed by atoms with Crippen LogP contribution >= 0.6 is 0 Å². The van der Waals surface area contributed by atoms with Gasteiger partial charge >= 0.3 is 13.2 Å². The summed E-state index contributed by atoms with van der Waals surface area (Å²) >= 11 is 0. The number of aryl methyl sites for hydroxylation is 2. The van der Waals surface area contributed by atoms with Crippen molar-refractivity contribution in [2.24, 2.45) is 17.8 Å². The molecule has 2 fully saturated rings. The molecule has 4 atom stereocenters. The summed E-state index contributed by atoms with van der Waals surface area (Å²) in [4.78, 5) is 38.7. The summed E-state index contributed by atoms with van der Waals surface area (Å²) in [7, 11) is -0.0698. The number of fused-ring (bicyclic) bond motifs is 3. The van der Waals surface area contributed by atoms with Crippen molar-refractivity contribution < 1.29 is 33.9 Å². The summed E-state index contributed by atoms with van der Waals surface area (Å²) in [5.41, 5.74) is 3.71. The number of phenols is 1. The zero-order valence-corrected chi connectivity index (χ0v) is 18.0. The highest BCUT2D eigenvalue weighted by Gasteiger charge is 2.59. The van der Waals surface area contributed by atoms with Crippen LogP contribution in [0.2, 0.25) is 0 Å². The number of rotatable bonds is 2. The van der Waals surface area contributed by atoms with Crippen LogP contribution in [0.25, 0.3) is 0 Å². The molecule has 1 aromatic carbocycles. The lowest BCUT2D eigenvalue weighted by molar-refractivity contribution is -0.137. The van der Waals surface area contributed by atoms with Gasteiger partial charge in [0.15, 0.2) is 0 Å². The predicted octanol–water partition coefficient (Wildman–Crippen LogP) is 2.58. The minimum Gasteiger partial charge on any atom is -0.507 e. The van der Waals surface area contributed by atoms with Crippen molar-refractivity contribution in [2.75, 3.05) is 7.11 Å². The molecule has 9 heteroatoms. The molecule has 8 nitrogen and oxygen atoms in total. The molecule has 0 aromatic heterocycles. The maximum absolute atomic E-state index is 13.1. The molecule has 3 amide bonds. The minimum absolute atomic E-state index is 0.206. The standard InChI is InChI=1S/C22H26BNO7/c1-5-12-8-15-17(21(27)24(20(15)26)22(28)30-4)14-9-16(31-23(29)18(12)14)13-6-10(2)19(25)11(3)7-13/h6-7,14-17,25,29H,5,8-9H2,1-4H3/t14-,15-,16-,17+/m0/s1. The summed E-state index contributed by atoms with van der Waals surface area (Å²) in [6.07, 6.45) is -0.189. The normalized spacial score (nSPS) is 28.0. The van der Waals surface area contributed by atoms with Gasteiger partial charge in [0.05, 0.1) is 25.0 Å². The van der Waals surface area contributed by atoms with Crippen molar-refractivity contribution in [1.82, 2.24) is 4.90 Å². The van der Waals surface area contributed by atoms with E-state index in [1.54, 1.807) is 26.0 Å². The first-order valence-electron chi connectivity index (χ1n) is 10.5. The molecule has 2 aliphatic heterocycles. The van der Waals surface area contributed by atoms with Gasteiger partial charge in [-0.3, -0.25) is 9.59 Å². The van der Waals surface area contributed by atoms with Gasteiger partial charge in [-0.15, -0.1) is 0 Å². The van der Waals surface area contributed by atoms with E-state index in [0.29, 0.717) is 40.8 Å². The van der Waals surface area contributed by atoms with E-state index in [1.165, 1.54) is 0 Å². The van der Waals surface area contributed by atoms with Crippen molar-refractivity contribution in [3.8, 4) is 5.75 Å². The lowest BCUT2D eigenvalue weighted by Crippen LogP contribution is -2.45. The largest absolute Gasteiger partial charge is 0.507 e. The molecule has 1 aromatic rings. The van der Waals surface area contributed by atoms with Crippen LogP contribution in [0.5, 0.6) is 5.75 Å². The zero-order chi connectivity index (χ0) is 22.6. The summed E-state index contributed by atoms with van der Waals surface area (Å²) in [6, 6.07) is 3.61. The molecule has 0 saturated carbocycles. The Kier molecular flexibility index (Phi) is 5.43. The second-order valence-electron chi connectivity index (χ2n) is 8.55. The molecule has 0 bridgehead atoms. The van der Waals surface area contributed by atoms with Gasteiger partial charge in [-0.2, -0.15) is 4.90 Å². The number of phenolic OH excluding ortho intramolecular Hbond substituents is 1. The van der Waals surface area contributed by atoms with Crippen molar-refractivity contribution >= 4 is 25.0 Å². The van der Waals surface area contributed by atoms with E-state index < -0.39 is 48.9 Å². The molecule has 0 radical (unpaired) electrons. The van der Waals surface area contributed by atoms with E-state index in [0.717, 1.165) is 18.2 Å². The highest BCUT2D eigenvalue weighted by molar-refractivity contribution is 6.53. The number of likely N-dealkylation sites (tertiary alicyclic amines) is 1. The maximum Gasteiger partial charge on any atom is 0.487 e. The lowest BCUT2D eigenvalue weighted by atomic mass is 9.55. The van der Waals surface area contributed by atoms with E-state index >= 15 is 0 Å². The first kappa shape index (κ1) is 21.6. The summed E-state index contributed by atoms with van der Waals surface area (Å²) in [5.74, 6) is -2.73.